The number of carbonyl (C=O) groups excluding carboxylic acids is 2. The van der Waals surface area contributed by atoms with E-state index in [1.54, 1.807) is 17.5 Å². The molecule has 1 N–H and O–H groups in total. The summed E-state index contributed by atoms with van der Waals surface area (Å²) in [5.74, 6) is -2.27. The van der Waals surface area contributed by atoms with Crippen molar-refractivity contribution in [1.82, 2.24) is 10.2 Å². The zero-order valence-corrected chi connectivity index (χ0v) is 14.6. The quantitative estimate of drug-likeness (QED) is 0.693. The van der Waals surface area contributed by atoms with Gasteiger partial charge in [0.05, 0.1) is 16.5 Å². The maximum atomic E-state index is 13.3. The van der Waals surface area contributed by atoms with E-state index in [9.17, 15) is 19.1 Å². The van der Waals surface area contributed by atoms with Crippen molar-refractivity contribution >= 4 is 39.5 Å². The highest BCUT2D eigenvalue weighted by Gasteiger charge is 2.46. The Hall–Kier alpha value is -2.91. The number of carbonyl (C=O) groups is 2. The van der Waals surface area contributed by atoms with Gasteiger partial charge in [-0.3, -0.25) is 14.5 Å². The number of hydrogen-bond acceptors (Lipinski definition) is 7. The highest BCUT2D eigenvalue weighted by Crippen LogP contribution is 2.42. The number of aliphatic hydroxyl groups is 1. The van der Waals surface area contributed by atoms with Crippen LogP contribution in [0, 0.1) is 5.82 Å². The Morgan fingerprint density at radius 1 is 1.19 bits per heavy atom. The number of rotatable bonds is 4. The molecule has 26 heavy (non-hydrogen) atoms. The third-order valence-electron chi connectivity index (χ3n) is 3.94. The molecule has 1 aliphatic heterocycles. The zero-order valence-electron chi connectivity index (χ0n) is 13.0. The van der Waals surface area contributed by atoms with Crippen molar-refractivity contribution in [2.24, 2.45) is 0 Å². The molecule has 0 spiro atoms. The van der Waals surface area contributed by atoms with Crippen molar-refractivity contribution in [3.05, 3.63) is 74.9 Å². The topological polar surface area (TPSA) is 83.4 Å². The van der Waals surface area contributed by atoms with E-state index in [1.807, 2.05) is 0 Å². The second-order valence-corrected chi connectivity index (χ2v) is 7.18. The van der Waals surface area contributed by atoms with E-state index >= 15 is 0 Å². The fourth-order valence-electron chi connectivity index (χ4n) is 2.81. The van der Waals surface area contributed by atoms with Crippen LogP contribution in [0.25, 0.3) is 0 Å². The molecule has 1 aromatic carbocycles. The lowest BCUT2D eigenvalue weighted by atomic mass is 9.95. The first-order valence-electron chi connectivity index (χ1n) is 7.44. The molecule has 1 amide bonds. The zero-order chi connectivity index (χ0) is 18.3. The number of ketones is 1. The van der Waals surface area contributed by atoms with Crippen LogP contribution < -0.4 is 4.90 Å². The molecule has 4 rings (SSSR count). The molecule has 3 aromatic rings. The molecule has 0 bridgehead atoms. The molecule has 1 atom stereocenters. The molecule has 2 aromatic heterocycles. The number of aromatic nitrogens is 2. The Kier molecular flexibility index (Phi) is 4.09. The van der Waals surface area contributed by atoms with Crippen LogP contribution in [0.1, 0.15) is 21.3 Å². The van der Waals surface area contributed by atoms with Gasteiger partial charge in [0.15, 0.2) is 5.76 Å². The first-order valence-corrected chi connectivity index (χ1v) is 9.20. The fourth-order valence-corrected chi connectivity index (χ4v) is 4.07. The second-order valence-electron chi connectivity index (χ2n) is 5.42. The van der Waals surface area contributed by atoms with Gasteiger partial charge in [-0.05, 0) is 29.1 Å². The average Bonchev–Trinajstić information content (AvgIpc) is 3.38. The van der Waals surface area contributed by atoms with Crippen molar-refractivity contribution in [2.75, 3.05) is 4.90 Å². The van der Waals surface area contributed by atoms with E-state index in [-0.39, 0.29) is 10.7 Å². The van der Waals surface area contributed by atoms with Crippen LogP contribution in [-0.4, -0.2) is 27.0 Å². The van der Waals surface area contributed by atoms with E-state index in [2.05, 4.69) is 10.2 Å². The molecule has 1 unspecified atom stereocenters. The summed E-state index contributed by atoms with van der Waals surface area (Å²) in [6.45, 7) is 0. The summed E-state index contributed by atoms with van der Waals surface area (Å²) in [5.41, 5.74) is 1.87. The van der Waals surface area contributed by atoms with Gasteiger partial charge in [-0.25, -0.2) is 4.39 Å². The van der Waals surface area contributed by atoms with Crippen LogP contribution in [0.4, 0.5) is 9.52 Å². The third-order valence-corrected chi connectivity index (χ3v) is 5.50. The van der Waals surface area contributed by atoms with Crippen LogP contribution in [0.3, 0.4) is 0 Å². The molecule has 0 saturated heterocycles. The number of aliphatic hydroxyl groups excluding tert-OH is 1. The lowest BCUT2D eigenvalue weighted by molar-refractivity contribution is -0.117. The summed E-state index contributed by atoms with van der Waals surface area (Å²) in [6, 6.07) is 7.84. The van der Waals surface area contributed by atoms with Gasteiger partial charge in [-0.1, -0.05) is 29.5 Å². The number of anilines is 1. The molecular formula is C17H10FN3O3S2. The van der Waals surface area contributed by atoms with Crippen LogP contribution in [0.2, 0.25) is 0 Å². The lowest BCUT2D eigenvalue weighted by Gasteiger charge is -2.23. The van der Waals surface area contributed by atoms with Crippen molar-refractivity contribution in [3.8, 4) is 0 Å². The third kappa shape index (κ3) is 2.61. The summed E-state index contributed by atoms with van der Waals surface area (Å²) in [4.78, 5) is 27.2. The number of benzene rings is 1. The average molecular weight is 387 g/mol. The Morgan fingerprint density at radius 3 is 2.58 bits per heavy atom. The van der Waals surface area contributed by atoms with Crippen molar-refractivity contribution < 1.29 is 19.1 Å². The number of nitrogens with zero attached hydrogens (tertiary/aromatic N) is 3. The molecule has 0 saturated carbocycles. The van der Waals surface area contributed by atoms with E-state index in [1.165, 1.54) is 46.0 Å². The van der Waals surface area contributed by atoms with Gasteiger partial charge >= 0.3 is 0 Å². The van der Waals surface area contributed by atoms with Gasteiger partial charge in [-0.2, -0.15) is 0 Å². The highest BCUT2D eigenvalue weighted by molar-refractivity contribution is 7.13. The highest BCUT2D eigenvalue weighted by atomic mass is 32.1. The predicted molar refractivity (Wildman–Crippen MR) is 94.8 cm³/mol. The molecule has 9 heteroatoms. The fraction of sp³-hybridized carbons (Fsp3) is 0.0588. The minimum atomic E-state index is -0.911. The van der Waals surface area contributed by atoms with Gasteiger partial charge in [-0.15, -0.1) is 21.5 Å². The normalized spacial score (nSPS) is 17.2. The number of thiophene rings is 1. The standard InChI is InChI=1S/C17H10FN3O3S2/c18-10-5-3-9(4-6-10)13-12(14(22)11-2-1-7-25-11)15(23)16(24)21(13)17-20-19-8-26-17/h1-8,13,23H. The van der Waals surface area contributed by atoms with E-state index < -0.39 is 29.3 Å². The Balaban J connectivity index is 1.88. The van der Waals surface area contributed by atoms with Crippen LogP contribution in [-0.2, 0) is 4.79 Å². The largest absolute Gasteiger partial charge is 0.503 e. The van der Waals surface area contributed by atoms with Gasteiger partial charge in [0.1, 0.15) is 11.3 Å². The second kappa shape index (κ2) is 6.43. The Bertz CT molecular complexity index is 999. The number of halogens is 1. The minimum Gasteiger partial charge on any atom is -0.503 e. The van der Waals surface area contributed by atoms with E-state index in [4.69, 9.17) is 0 Å². The van der Waals surface area contributed by atoms with Crippen LogP contribution in [0.5, 0.6) is 0 Å². The summed E-state index contributed by atoms with van der Waals surface area (Å²) in [5, 5.41) is 20.0. The number of amides is 1. The first kappa shape index (κ1) is 16.6. The van der Waals surface area contributed by atoms with E-state index in [0.717, 1.165) is 11.3 Å². The maximum Gasteiger partial charge on any atom is 0.296 e. The predicted octanol–water partition coefficient (Wildman–Crippen LogP) is 3.52. The van der Waals surface area contributed by atoms with Crippen molar-refractivity contribution in [2.45, 2.75) is 6.04 Å². The summed E-state index contributed by atoms with van der Waals surface area (Å²) >= 11 is 2.31. The molecule has 0 aliphatic carbocycles. The molecule has 1 aliphatic rings. The smallest absolute Gasteiger partial charge is 0.296 e. The molecule has 6 nitrogen and oxygen atoms in total. The van der Waals surface area contributed by atoms with Crippen LogP contribution in [0.15, 0.2) is 58.6 Å². The Labute approximate surface area is 154 Å². The molecule has 3 heterocycles. The first-order chi connectivity index (χ1) is 12.6. The molecular weight excluding hydrogens is 377 g/mol. The lowest BCUT2D eigenvalue weighted by Crippen LogP contribution is -2.31. The van der Waals surface area contributed by atoms with Crippen LogP contribution >= 0.6 is 22.7 Å². The van der Waals surface area contributed by atoms with Gasteiger partial charge in [0.2, 0.25) is 10.9 Å². The summed E-state index contributed by atoms with van der Waals surface area (Å²) < 4.78 is 13.3. The van der Waals surface area contributed by atoms with Crippen molar-refractivity contribution in [1.29, 1.82) is 0 Å². The monoisotopic (exact) mass is 387 g/mol. The van der Waals surface area contributed by atoms with Gasteiger partial charge in [0.25, 0.3) is 5.91 Å². The molecule has 0 radical (unpaired) electrons. The number of Topliss-reactive ketones (excluding diaryl/α,β-unsaturated/α-hetero) is 1. The van der Waals surface area contributed by atoms with E-state index in [0.29, 0.717) is 10.4 Å². The molecule has 0 fully saturated rings. The Morgan fingerprint density at radius 2 is 1.96 bits per heavy atom. The van der Waals surface area contributed by atoms with Crippen molar-refractivity contribution in [3.63, 3.8) is 0 Å². The SMILES string of the molecule is O=C(C1=C(O)C(=O)N(c2nncs2)C1c1ccc(F)cc1)c1cccs1. The van der Waals surface area contributed by atoms with Gasteiger partial charge in [0, 0.05) is 0 Å². The summed E-state index contributed by atoms with van der Waals surface area (Å²) in [6.07, 6.45) is 0. The molecule has 130 valence electrons. The number of hydrogen-bond donors (Lipinski definition) is 1. The van der Waals surface area contributed by atoms with Gasteiger partial charge < -0.3 is 5.11 Å². The summed E-state index contributed by atoms with van der Waals surface area (Å²) in [7, 11) is 0. The maximum absolute atomic E-state index is 13.3. The minimum absolute atomic E-state index is 0.0562.